The monoisotopic (exact) mass is 337 g/mol. The van der Waals surface area contributed by atoms with Crippen molar-refractivity contribution in [2.24, 2.45) is 0 Å². The molecular weight excluding hydrogens is 318 g/mol. The van der Waals surface area contributed by atoms with Crippen LogP contribution in [0.25, 0.3) is 0 Å². The summed E-state index contributed by atoms with van der Waals surface area (Å²) in [6.45, 7) is 3.72. The summed E-state index contributed by atoms with van der Waals surface area (Å²) in [4.78, 5) is 7.88. The molecule has 1 aromatic carbocycles. The van der Waals surface area contributed by atoms with Crippen molar-refractivity contribution in [3.05, 3.63) is 40.9 Å². The van der Waals surface area contributed by atoms with Crippen LogP contribution in [0.1, 0.15) is 23.3 Å². The van der Waals surface area contributed by atoms with Gasteiger partial charge in [-0.05, 0) is 24.5 Å². The topological polar surface area (TPSA) is 51.4 Å². The van der Waals surface area contributed by atoms with Crippen molar-refractivity contribution in [3.63, 3.8) is 0 Å². The lowest BCUT2D eigenvalue weighted by atomic mass is 9.76. The van der Waals surface area contributed by atoms with Gasteiger partial charge in [-0.1, -0.05) is 18.2 Å². The van der Waals surface area contributed by atoms with E-state index in [-0.39, 0.29) is 17.8 Å². The lowest BCUT2D eigenvalue weighted by Crippen LogP contribution is -2.38. The van der Waals surface area contributed by atoms with Crippen LogP contribution in [0.4, 0.5) is 10.8 Å². The van der Waals surface area contributed by atoms with Crippen molar-refractivity contribution in [3.8, 4) is 0 Å². The average molecular weight is 338 g/mol. The Kier molecular flexibility index (Phi) is 4.30. The Bertz CT molecular complexity index is 654. The minimum Gasteiger partial charge on any atom is -0.381 e. The number of hydrogen-bond donors (Lipinski definition) is 1. The summed E-state index contributed by atoms with van der Waals surface area (Å²) in [6, 6.07) is 8.82. The fourth-order valence-electron chi connectivity index (χ4n) is 3.65. The summed E-state index contributed by atoms with van der Waals surface area (Å²) in [5.74, 6) is 0. The minimum absolute atomic E-state index is 0. The molecule has 118 valence electrons. The van der Waals surface area contributed by atoms with Gasteiger partial charge in [-0.15, -0.1) is 23.7 Å². The third kappa shape index (κ3) is 2.57. The van der Waals surface area contributed by atoms with E-state index in [0.29, 0.717) is 5.13 Å². The predicted molar refractivity (Wildman–Crippen MR) is 93.0 cm³/mol. The molecule has 3 heterocycles. The quantitative estimate of drug-likeness (QED) is 0.914. The van der Waals surface area contributed by atoms with Crippen molar-refractivity contribution < 1.29 is 4.74 Å². The number of ether oxygens (including phenoxy) is 1. The Balaban J connectivity index is 0.00000144. The number of nitrogens with two attached hydrogens (primary N) is 1. The molecule has 0 radical (unpaired) electrons. The molecule has 4 nitrogen and oxygen atoms in total. The van der Waals surface area contributed by atoms with Crippen LogP contribution in [0.5, 0.6) is 0 Å². The lowest BCUT2D eigenvalue weighted by Gasteiger charge is -2.34. The predicted octanol–water partition coefficient (Wildman–Crippen LogP) is 3.22. The number of para-hydroxylation sites is 1. The zero-order valence-electron chi connectivity index (χ0n) is 12.3. The van der Waals surface area contributed by atoms with Crippen LogP contribution >= 0.6 is 23.7 Å². The Labute approximate surface area is 140 Å². The SMILES string of the molecule is Cl.Nc1ncc(CN2CC3(CCOCC3)c3ccccc32)s1. The van der Waals surface area contributed by atoms with Crippen molar-refractivity contribution >= 4 is 34.6 Å². The van der Waals surface area contributed by atoms with E-state index in [2.05, 4.69) is 34.1 Å². The number of halogens is 1. The van der Waals surface area contributed by atoms with Gasteiger partial charge in [0.15, 0.2) is 5.13 Å². The molecule has 2 N–H and O–H groups in total. The van der Waals surface area contributed by atoms with Crippen molar-refractivity contribution in [1.82, 2.24) is 4.98 Å². The van der Waals surface area contributed by atoms with Gasteiger partial charge >= 0.3 is 0 Å². The van der Waals surface area contributed by atoms with Crippen LogP contribution < -0.4 is 10.6 Å². The van der Waals surface area contributed by atoms with E-state index in [1.54, 1.807) is 11.3 Å². The second-order valence-electron chi connectivity index (χ2n) is 5.93. The summed E-state index contributed by atoms with van der Waals surface area (Å²) >= 11 is 1.58. The molecule has 2 aliphatic heterocycles. The van der Waals surface area contributed by atoms with Crippen molar-refractivity contribution in [2.45, 2.75) is 24.8 Å². The van der Waals surface area contributed by atoms with Gasteiger partial charge in [0.1, 0.15) is 0 Å². The number of rotatable bonds is 2. The molecule has 4 rings (SSSR count). The molecule has 1 saturated heterocycles. The highest BCUT2D eigenvalue weighted by Gasteiger charge is 2.43. The lowest BCUT2D eigenvalue weighted by molar-refractivity contribution is 0.0553. The van der Waals surface area contributed by atoms with E-state index in [1.807, 2.05) is 6.20 Å². The molecule has 0 unspecified atom stereocenters. The molecule has 1 aromatic heterocycles. The molecule has 0 atom stereocenters. The molecule has 0 saturated carbocycles. The number of thiazole rings is 1. The smallest absolute Gasteiger partial charge is 0.180 e. The van der Waals surface area contributed by atoms with Gasteiger partial charge < -0.3 is 15.4 Å². The van der Waals surface area contributed by atoms with Crippen LogP contribution in [0, 0.1) is 0 Å². The van der Waals surface area contributed by atoms with Gasteiger partial charge in [0, 0.05) is 41.9 Å². The first kappa shape index (κ1) is 15.6. The second kappa shape index (κ2) is 6.07. The molecular formula is C16H20ClN3OS. The van der Waals surface area contributed by atoms with Crippen LogP contribution in [-0.4, -0.2) is 24.7 Å². The van der Waals surface area contributed by atoms with E-state index in [9.17, 15) is 0 Å². The Morgan fingerprint density at radius 2 is 2.05 bits per heavy atom. The van der Waals surface area contributed by atoms with Crippen LogP contribution in [-0.2, 0) is 16.7 Å². The Morgan fingerprint density at radius 1 is 1.27 bits per heavy atom. The molecule has 1 spiro atoms. The summed E-state index contributed by atoms with van der Waals surface area (Å²) in [5, 5.41) is 0.651. The normalized spacial score (nSPS) is 19.0. The zero-order chi connectivity index (χ0) is 14.3. The number of benzene rings is 1. The summed E-state index contributed by atoms with van der Waals surface area (Å²) in [6.07, 6.45) is 4.13. The van der Waals surface area contributed by atoms with Gasteiger partial charge in [-0.3, -0.25) is 0 Å². The third-order valence-electron chi connectivity index (χ3n) is 4.68. The number of fused-ring (bicyclic) bond motifs is 2. The summed E-state index contributed by atoms with van der Waals surface area (Å²) < 4.78 is 5.59. The maximum Gasteiger partial charge on any atom is 0.180 e. The highest BCUT2D eigenvalue weighted by atomic mass is 35.5. The largest absolute Gasteiger partial charge is 0.381 e. The highest BCUT2D eigenvalue weighted by Crippen LogP contribution is 2.47. The first-order chi connectivity index (χ1) is 10.3. The van der Waals surface area contributed by atoms with E-state index >= 15 is 0 Å². The number of aromatic nitrogens is 1. The maximum atomic E-state index is 5.76. The molecule has 2 aliphatic rings. The third-order valence-corrected chi connectivity index (χ3v) is 5.49. The highest BCUT2D eigenvalue weighted by molar-refractivity contribution is 7.15. The first-order valence-corrected chi connectivity index (χ1v) is 8.21. The van der Waals surface area contributed by atoms with Gasteiger partial charge in [0.2, 0.25) is 0 Å². The van der Waals surface area contributed by atoms with E-state index in [1.165, 1.54) is 16.1 Å². The Hall–Kier alpha value is -1.30. The Morgan fingerprint density at radius 3 is 2.77 bits per heavy atom. The van der Waals surface area contributed by atoms with Crippen LogP contribution in [0.2, 0.25) is 0 Å². The number of hydrogen-bond acceptors (Lipinski definition) is 5. The van der Waals surface area contributed by atoms with Crippen LogP contribution in [0.3, 0.4) is 0 Å². The van der Waals surface area contributed by atoms with Gasteiger partial charge in [-0.25, -0.2) is 4.98 Å². The maximum absolute atomic E-state index is 5.76. The average Bonchev–Trinajstić information content (AvgIpc) is 3.04. The molecule has 0 bridgehead atoms. The van der Waals surface area contributed by atoms with Crippen molar-refractivity contribution in [1.29, 1.82) is 0 Å². The van der Waals surface area contributed by atoms with Gasteiger partial charge in [0.25, 0.3) is 0 Å². The molecule has 1 fully saturated rings. The van der Waals surface area contributed by atoms with Crippen molar-refractivity contribution in [2.75, 3.05) is 30.4 Å². The standard InChI is InChI=1S/C16H19N3OS.ClH/c17-15-18-9-12(21-15)10-19-11-16(5-7-20-8-6-16)13-3-1-2-4-14(13)19;/h1-4,9H,5-8,10-11H2,(H2,17,18);1H. The fourth-order valence-corrected chi connectivity index (χ4v) is 4.35. The molecule has 6 heteroatoms. The molecule has 0 amide bonds. The molecule has 22 heavy (non-hydrogen) atoms. The van der Waals surface area contributed by atoms with E-state index in [0.717, 1.165) is 39.1 Å². The minimum atomic E-state index is 0. The van der Waals surface area contributed by atoms with E-state index in [4.69, 9.17) is 10.5 Å². The first-order valence-electron chi connectivity index (χ1n) is 7.39. The summed E-state index contributed by atoms with van der Waals surface area (Å²) in [7, 11) is 0. The molecule has 2 aromatic rings. The number of nitrogens with zero attached hydrogens (tertiary/aromatic N) is 2. The van der Waals surface area contributed by atoms with E-state index < -0.39 is 0 Å². The number of anilines is 2. The van der Waals surface area contributed by atoms with Gasteiger partial charge in [-0.2, -0.15) is 0 Å². The zero-order valence-corrected chi connectivity index (χ0v) is 14.0. The van der Waals surface area contributed by atoms with Gasteiger partial charge in [0.05, 0.1) is 6.54 Å². The molecule has 0 aliphatic carbocycles. The number of nitrogen functional groups attached to an aromatic ring is 1. The summed E-state index contributed by atoms with van der Waals surface area (Å²) in [5.41, 5.74) is 8.88. The van der Waals surface area contributed by atoms with Crippen LogP contribution in [0.15, 0.2) is 30.5 Å². The second-order valence-corrected chi connectivity index (χ2v) is 7.08. The fraction of sp³-hybridized carbons (Fsp3) is 0.438.